The number of nitrogens with zero attached hydrogens (tertiary/aromatic N) is 1. The van der Waals surface area contributed by atoms with Crippen molar-refractivity contribution in [3.05, 3.63) is 27.2 Å². The van der Waals surface area contributed by atoms with Crippen LogP contribution in [-0.4, -0.2) is 31.3 Å². The van der Waals surface area contributed by atoms with Crippen LogP contribution in [-0.2, 0) is 0 Å². The molecule has 3 nitrogen and oxygen atoms in total. The fourth-order valence-corrected chi connectivity index (χ4v) is 3.07. The maximum atomic E-state index is 10.2. The van der Waals surface area contributed by atoms with E-state index >= 15 is 0 Å². The van der Waals surface area contributed by atoms with Crippen LogP contribution in [0.1, 0.15) is 31.4 Å². The Labute approximate surface area is 128 Å². The van der Waals surface area contributed by atoms with Gasteiger partial charge < -0.3 is 15.3 Å². The van der Waals surface area contributed by atoms with E-state index < -0.39 is 6.10 Å². The molecular formula is C14H20BrClN2O. The highest BCUT2D eigenvalue weighted by Gasteiger charge is 2.18. The summed E-state index contributed by atoms with van der Waals surface area (Å²) in [5, 5.41) is 14.2. The second kappa shape index (κ2) is 6.93. The molecule has 106 valence electrons. The second-order valence-corrected chi connectivity index (χ2v) is 6.10. The van der Waals surface area contributed by atoms with E-state index in [-0.39, 0.29) is 0 Å². The first-order chi connectivity index (χ1) is 9.13. The monoisotopic (exact) mass is 346 g/mol. The molecule has 0 aromatic heterocycles. The maximum absolute atomic E-state index is 10.2. The van der Waals surface area contributed by atoms with Crippen LogP contribution in [0.4, 0.5) is 5.69 Å². The summed E-state index contributed by atoms with van der Waals surface area (Å²) in [6.45, 7) is 6.02. The van der Waals surface area contributed by atoms with Crippen molar-refractivity contribution < 1.29 is 5.11 Å². The first-order valence-electron chi connectivity index (χ1n) is 6.76. The number of aliphatic hydroxyl groups is 1. The summed E-state index contributed by atoms with van der Waals surface area (Å²) in [6.07, 6.45) is 1.18. The Hall–Kier alpha value is -0.290. The van der Waals surface area contributed by atoms with Crippen LogP contribution in [0, 0.1) is 0 Å². The van der Waals surface area contributed by atoms with E-state index in [9.17, 15) is 5.11 Å². The summed E-state index contributed by atoms with van der Waals surface area (Å²) in [5.41, 5.74) is 1.95. The molecule has 2 rings (SSSR count). The van der Waals surface area contributed by atoms with Gasteiger partial charge in [0.2, 0.25) is 0 Å². The molecular weight excluding hydrogens is 328 g/mol. The predicted octanol–water partition coefficient (Wildman–Crippen LogP) is 3.35. The van der Waals surface area contributed by atoms with Gasteiger partial charge in [0.25, 0.3) is 0 Å². The molecule has 1 unspecified atom stereocenters. The van der Waals surface area contributed by atoms with Gasteiger partial charge in [0.1, 0.15) is 0 Å². The Morgan fingerprint density at radius 1 is 1.42 bits per heavy atom. The molecule has 0 bridgehead atoms. The van der Waals surface area contributed by atoms with Crippen LogP contribution in [0.2, 0.25) is 5.02 Å². The summed E-state index contributed by atoms with van der Waals surface area (Å²) in [5.74, 6) is 0. The molecule has 19 heavy (non-hydrogen) atoms. The van der Waals surface area contributed by atoms with E-state index in [0.29, 0.717) is 5.02 Å². The van der Waals surface area contributed by atoms with Gasteiger partial charge in [0.15, 0.2) is 0 Å². The van der Waals surface area contributed by atoms with Gasteiger partial charge in [-0.05, 0) is 34.5 Å². The molecule has 1 fully saturated rings. The van der Waals surface area contributed by atoms with Crippen molar-refractivity contribution >= 4 is 33.2 Å². The third kappa shape index (κ3) is 3.63. The molecule has 0 saturated carbocycles. The molecule has 0 spiro atoms. The van der Waals surface area contributed by atoms with Crippen LogP contribution in [0.25, 0.3) is 0 Å². The fourth-order valence-electron chi connectivity index (χ4n) is 2.37. The summed E-state index contributed by atoms with van der Waals surface area (Å²) < 4.78 is 0.857. The smallest absolute Gasteiger partial charge is 0.0805 e. The van der Waals surface area contributed by atoms with Crippen molar-refractivity contribution in [3.8, 4) is 0 Å². The average Bonchev–Trinajstić information content (AvgIpc) is 2.43. The van der Waals surface area contributed by atoms with Gasteiger partial charge >= 0.3 is 0 Å². The highest BCUT2D eigenvalue weighted by atomic mass is 79.9. The second-order valence-electron chi connectivity index (χ2n) is 4.87. The van der Waals surface area contributed by atoms with E-state index in [1.54, 1.807) is 0 Å². The lowest BCUT2D eigenvalue weighted by Gasteiger charge is -2.30. The maximum Gasteiger partial charge on any atom is 0.0805 e. The number of anilines is 1. The molecule has 1 aliphatic heterocycles. The van der Waals surface area contributed by atoms with Crippen molar-refractivity contribution in [2.45, 2.75) is 25.9 Å². The van der Waals surface area contributed by atoms with Crippen LogP contribution < -0.4 is 10.2 Å². The van der Waals surface area contributed by atoms with Gasteiger partial charge in [-0.15, -0.1) is 0 Å². The van der Waals surface area contributed by atoms with Crippen molar-refractivity contribution in [1.29, 1.82) is 0 Å². The predicted molar refractivity (Wildman–Crippen MR) is 84.1 cm³/mol. The first kappa shape index (κ1) is 15.1. The van der Waals surface area contributed by atoms with Gasteiger partial charge in [-0.3, -0.25) is 0 Å². The van der Waals surface area contributed by atoms with E-state index in [1.807, 2.05) is 12.1 Å². The summed E-state index contributed by atoms with van der Waals surface area (Å²) in [4.78, 5) is 2.32. The van der Waals surface area contributed by atoms with Crippen LogP contribution in [0.3, 0.4) is 0 Å². The largest absolute Gasteiger partial charge is 0.388 e. The summed E-state index contributed by atoms with van der Waals surface area (Å²) >= 11 is 9.79. The fraction of sp³-hybridized carbons (Fsp3) is 0.571. The molecule has 0 radical (unpaired) electrons. The van der Waals surface area contributed by atoms with Crippen molar-refractivity contribution in [2.24, 2.45) is 0 Å². The molecule has 1 atom stereocenters. The highest BCUT2D eigenvalue weighted by Crippen LogP contribution is 2.36. The van der Waals surface area contributed by atoms with Gasteiger partial charge in [-0.25, -0.2) is 0 Å². The topological polar surface area (TPSA) is 35.5 Å². The normalized spacial score (nSPS) is 17.6. The SMILES string of the molecule is CCCC(O)c1cc(N2CCNCC2)cc(Br)c1Cl. The van der Waals surface area contributed by atoms with Gasteiger partial charge in [-0.2, -0.15) is 0 Å². The molecule has 1 aliphatic rings. The van der Waals surface area contributed by atoms with Crippen molar-refractivity contribution in [2.75, 3.05) is 31.1 Å². The minimum absolute atomic E-state index is 0.489. The van der Waals surface area contributed by atoms with Crippen molar-refractivity contribution in [1.82, 2.24) is 5.32 Å². The molecule has 0 aliphatic carbocycles. The summed E-state index contributed by atoms with van der Waals surface area (Å²) in [7, 11) is 0. The number of nitrogens with one attached hydrogen (secondary N) is 1. The number of aliphatic hydroxyl groups excluding tert-OH is 1. The van der Waals surface area contributed by atoms with E-state index in [0.717, 1.165) is 54.7 Å². The third-order valence-electron chi connectivity index (χ3n) is 3.44. The Morgan fingerprint density at radius 2 is 2.11 bits per heavy atom. The zero-order valence-corrected chi connectivity index (χ0v) is 13.5. The molecule has 5 heteroatoms. The number of halogens is 2. The minimum Gasteiger partial charge on any atom is -0.388 e. The number of benzene rings is 1. The number of piperazine rings is 1. The lowest BCUT2D eigenvalue weighted by atomic mass is 10.0. The van der Waals surface area contributed by atoms with E-state index in [2.05, 4.69) is 33.1 Å². The van der Waals surface area contributed by atoms with Crippen LogP contribution in [0.5, 0.6) is 0 Å². The lowest BCUT2D eigenvalue weighted by molar-refractivity contribution is 0.166. The zero-order chi connectivity index (χ0) is 13.8. The number of hydrogen-bond acceptors (Lipinski definition) is 3. The zero-order valence-electron chi connectivity index (χ0n) is 11.1. The number of hydrogen-bond donors (Lipinski definition) is 2. The van der Waals surface area contributed by atoms with E-state index in [4.69, 9.17) is 11.6 Å². The molecule has 0 amide bonds. The molecule has 1 saturated heterocycles. The highest BCUT2D eigenvalue weighted by molar-refractivity contribution is 9.10. The third-order valence-corrected chi connectivity index (χ3v) is 4.72. The quantitative estimate of drug-likeness (QED) is 0.877. The van der Waals surface area contributed by atoms with Gasteiger partial charge in [-0.1, -0.05) is 24.9 Å². The Balaban J connectivity index is 2.29. The summed E-state index contributed by atoms with van der Waals surface area (Å²) in [6, 6.07) is 4.06. The van der Waals surface area contributed by atoms with Crippen LogP contribution >= 0.6 is 27.5 Å². The van der Waals surface area contributed by atoms with Crippen LogP contribution in [0.15, 0.2) is 16.6 Å². The molecule has 2 N–H and O–H groups in total. The Kier molecular flexibility index (Phi) is 5.51. The molecule has 1 aromatic carbocycles. The number of rotatable bonds is 4. The average molecular weight is 348 g/mol. The van der Waals surface area contributed by atoms with Gasteiger partial charge in [0, 0.05) is 41.9 Å². The molecule has 1 heterocycles. The van der Waals surface area contributed by atoms with Gasteiger partial charge in [0.05, 0.1) is 11.1 Å². The Bertz CT molecular complexity index is 436. The Morgan fingerprint density at radius 3 is 2.74 bits per heavy atom. The standard InChI is InChI=1S/C14H20BrClN2O/c1-2-3-13(19)11-8-10(9-12(15)14(11)16)18-6-4-17-5-7-18/h8-9,13,17,19H,2-7H2,1H3. The minimum atomic E-state index is -0.489. The lowest BCUT2D eigenvalue weighted by Crippen LogP contribution is -2.43. The first-order valence-corrected chi connectivity index (χ1v) is 7.93. The van der Waals surface area contributed by atoms with E-state index in [1.165, 1.54) is 0 Å². The molecule has 1 aromatic rings. The van der Waals surface area contributed by atoms with Crippen molar-refractivity contribution in [3.63, 3.8) is 0 Å².